The second-order valence-corrected chi connectivity index (χ2v) is 7.66. The summed E-state index contributed by atoms with van der Waals surface area (Å²) in [6.45, 7) is 1.25. The van der Waals surface area contributed by atoms with E-state index < -0.39 is 5.91 Å². The summed E-state index contributed by atoms with van der Waals surface area (Å²) >= 11 is 1.43. The van der Waals surface area contributed by atoms with Gasteiger partial charge in [-0.3, -0.25) is 14.4 Å². The van der Waals surface area contributed by atoms with Crippen LogP contribution in [-0.4, -0.2) is 24.2 Å². The fraction of sp³-hybridized carbons (Fsp3) is 0.350. The normalized spacial score (nSPS) is 13.4. The van der Waals surface area contributed by atoms with Gasteiger partial charge in [0.1, 0.15) is 10.8 Å². The van der Waals surface area contributed by atoms with E-state index in [0.717, 1.165) is 42.5 Å². The topological polar surface area (TPSA) is 98.5 Å². The van der Waals surface area contributed by atoms with Gasteiger partial charge in [-0.2, -0.15) is 0 Å². The van der Waals surface area contributed by atoms with Crippen LogP contribution in [0.15, 0.2) is 24.3 Å². The molecule has 3 rings (SSSR count). The number of carbonyl (C=O) groups is 3. The largest absolute Gasteiger partial charge is 0.484 e. The minimum atomic E-state index is -0.514. The minimum Gasteiger partial charge on any atom is -0.484 e. The molecule has 0 saturated heterocycles. The third-order valence-corrected chi connectivity index (χ3v) is 5.74. The maximum atomic E-state index is 12.3. The fourth-order valence-corrected chi connectivity index (χ4v) is 4.52. The maximum Gasteiger partial charge on any atom is 0.262 e. The number of fused-ring (bicyclic) bond motifs is 1. The first-order valence-electron chi connectivity index (χ1n) is 8.93. The Labute approximate surface area is 161 Å². The predicted octanol–water partition coefficient (Wildman–Crippen LogP) is 3.34. The molecular weight excluding hydrogens is 364 g/mol. The van der Waals surface area contributed by atoms with Crippen molar-refractivity contribution in [2.24, 2.45) is 5.73 Å². The van der Waals surface area contributed by atoms with Crippen LogP contribution in [0, 0.1) is 0 Å². The lowest BCUT2D eigenvalue weighted by Crippen LogP contribution is -2.22. The minimum absolute atomic E-state index is 0.0731. The van der Waals surface area contributed by atoms with Crippen molar-refractivity contribution in [1.82, 2.24) is 0 Å². The number of benzene rings is 1. The molecule has 3 N–H and O–H groups in total. The van der Waals surface area contributed by atoms with Gasteiger partial charge in [-0.15, -0.1) is 11.3 Å². The van der Waals surface area contributed by atoms with E-state index in [0.29, 0.717) is 21.9 Å². The molecule has 0 aliphatic heterocycles. The van der Waals surface area contributed by atoms with Crippen molar-refractivity contribution in [1.29, 1.82) is 0 Å². The van der Waals surface area contributed by atoms with E-state index >= 15 is 0 Å². The number of nitrogens with one attached hydrogen (secondary N) is 1. The highest BCUT2D eigenvalue weighted by Gasteiger charge is 2.24. The van der Waals surface area contributed by atoms with Crippen LogP contribution in [0.5, 0.6) is 5.75 Å². The van der Waals surface area contributed by atoms with Gasteiger partial charge in [0.15, 0.2) is 12.4 Å². The predicted molar refractivity (Wildman–Crippen MR) is 105 cm³/mol. The van der Waals surface area contributed by atoms with Crippen LogP contribution in [0.25, 0.3) is 0 Å². The smallest absolute Gasteiger partial charge is 0.262 e. The molecule has 1 aromatic carbocycles. The third kappa shape index (κ3) is 4.54. The molecule has 0 fully saturated rings. The first kappa shape index (κ1) is 19.1. The summed E-state index contributed by atoms with van der Waals surface area (Å²) in [5, 5.41) is 3.26. The number of primary amides is 1. The van der Waals surface area contributed by atoms with Crippen molar-refractivity contribution in [3.05, 3.63) is 45.8 Å². The van der Waals surface area contributed by atoms with Crippen LogP contribution in [0.1, 0.15) is 57.3 Å². The zero-order valence-electron chi connectivity index (χ0n) is 15.2. The van der Waals surface area contributed by atoms with Crippen molar-refractivity contribution >= 4 is 33.9 Å². The Hall–Kier alpha value is -2.67. The second-order valence-electron chi connectivity index (χ2n) is 6.55. The molecule has 0 saturated carbocycles. The monoisotopic (exact) mass is 386 g/mol. The molecule has 2 aromatic rings. The Morgan fingerprint density at radius 1 is 1.19 bits per heavy atom. The summed E-state index contributed by atoms with van der Waals surface area (Å²) in [5.74, 6) is -0.520. The van der Waals surface area contributed by atoms with Gasteiger partial charge in [-0.25, -0.2) is 0 Å². The summed E-state index contributed by atoms with van der Waals surface area (Å²) in [7, 11) is 0. The molecule has 1 aliphatic rings. The maximum absolute atomic E-state index is 12.3. The van der Waals surface area contributed by atoms with Gasteiger partial charge in [0, 0.05) is 10.4 Å². The third-order valence-electron chi connectivity index (χ3n) is 4.53. The number of carbonyl (C=O) groups excluding carboxylic acids is 3. The number of ketones is 1. The van der Waals surface area contributed by atoms with E-state index in [9.17, 15) is 14.4 Å². The molecular formula is C20H22N2O4S. The van der Waals surface area contributed by atoms with Crippen LogP contribution < -0.4 is 15.8 Å². The molecule has 6 nitrogen and oxygen atoms in total. The van der Waals surface area contributed by atoms with Crippen LogP contribution in [-0.2, 0) is 17.6 Å². The first-order valence-corrected chi connectivity index (χ1v) is 9.75. The van der Waals surface area contributed by atoms with Gasteiger partial charge < -0.3 is 15.8 Å². The number of rotatable bonds is 6. The van der Waals surface area contributed by atoms with E-state index in [4.69, 9.17) is 10.5 Å². The van der Waals surface area contributed by atoms with E-state index in [1.807, 2.05) is 0 Å². The highest BCUT2D eigenvalue weighted by Crippen LogP contribution is 2.37. The average molecular weight is 386 g/mol. The van der Waals surface area contributed by atoms with Crippen LogP contribution in [0.4, 0.5) is 5.00 Å². The molecule has 2 amide bonds. The van der Waals surface area contributed by atoms with Crippen molar-refractivity contribution in [2.75, 3.05) is 11.9 Å². The van der Waals surface area contributed by atoms with Crippen LogP contribution in [0.2, 0.25) is 0 Å². The molecule has 142 valence electrons. The van der Waals surface area contributed by atoms with Crippen molar-refractivity contribution in [2.45, 2.75) is 39.0 Å². The number of ether oxygens (including phenoxy) is 1. The fourth-order valence-electron chi connectivity index (χ4n) is 3.21. The second kappa shape index (κ2) is 8.35. The van der Waals surface area contributed by atoms with Crippen molar-refractivity contribution in [3.63, 3.8) is 0 Å². The molecule has 0 atom stereocenters. The highest BCUT2D eigenvalue weighted by molar-refractivity contribution is 7.17. The SMILES string of the molecule is CC(=O)c1cccc(OCC(=O)Nc2sc3c(c2C(N)=O)CCCCC3)c1. The Bertz CT molecular complexity index is 888. The summed E-state index contributed by atoms with van der Waals surface area (Å²) in [6, 6.07) is 6.66. The summed E-state index contributed by atoms with van der Waals surface area (Å²) < 4.78 is 5.48. The van der Waals surface area contributed by atoms with Crippen LogP contribution >= 0.6 is 11.3 Å². The molecule has 0 bridgehead atoms. The molecule has 0 spiro atoms. The molecule has 1 aromatic heterocycles. The Morgan fingerprint density at radius 3 is 2.70 bits per heavy atom. The van der Waals surface area contributed by atoms with Gasteiger partial charge in [0.05, 0.1) is 5.56 Å². The number of amides is 2. The van der Waals surface area contributed by atoms with Gasteiger partial charge in [-0.1, -0.05) is 18.6 Å². The number of aryl methyl sites for hydroxylation is 1. The average Bonchev–Trinajstić information content (AvgIpc) is 2.81. The summed E-state index contributed by atoms with van der Waals surface area (Å²) in [4.78, 5) is 36.8. The van der Waals surface area contributed by atoms with Crippen molar-refractivity contribution < 1.29 is 19.1 Å². The van der Waals surface area contributed by atoms with Crippen molar-refractivity contribution in [3.8, 4) is 5.75 Å². The zero-order valence-corrected chi connectivity index (χ0v) is 16.0. The highest BCUT2D eigenvalue weighted by atomic mass is 32.1. The Kier molecular flexibility index (Phi) is 5.91. The summed E-state index contributed by atoms with van der Waals surface area (Å²) in [6.07, 6.45) is 4.95. The van der Waals surface area contributed by atoms with Gasteiger partial charge in [-0.05, 0) is 50.3 Å². The van der Waals surface area contributed by atoms with Gasteiger partial charge in [0.2, 0.25) is 0 Å². The lowest BCUT2D eigenvalue weighted by molar-refractivity contribution is -0.118. The van der Waals surface area contributed by atoms with Gasteiger partial charge >= 0.3 is 0 Å². The molecule has 1 heterocycles. The Balaban J connectivity index is 1.70. The molecule has 7 heteroatoms. The Morgan fingerprint density at radius 2 is 1.96 bits per heavy atom. The number of hydrogen-bond acceptors (Lipinski definition) is 5. The number of anilines is 1. The quantitative estimate of drug-likeness (QED) is 0.587. The number of Topliss-reactive ketones (excluding diaryl/α,β-unsaturated/α-hetero) is 1. The zero-order chi connectivity index (χ0) is 19.4. The molecule has 0 radical (unpaired) electrons. The van der Waals surface area contributed by atoms with E-state index in [2.05, 4.69) is 5.32 Å². The lowest BCUT2D eigenvalue weighted by atomic mass is 10.1. The van der Waals surface area contributed by atoms with E-state index in [1.165, 1.54) is 18.3 Å². The van der Waals surface area contributed by atoms with Crippen LogP contribution in [0.3, 0.4) is 0 Å². The van der Waals surface area contributed by atoms with Gasteiger partial charge in [0.25, 0.3) is 11.8 Å². The summed E-state index contributed by atoms with van der Waals surface area (Å²) in [5.41, 5.74) is 7.51. The van der Waals surface area contributed by atoms with E-state index in [-0.39, 0.29) is 18.3 Å². The van der Waals surface area contributed by atoms with E-state index in [1.54, 1.807) is 24.3 Å². The molecule has 27 heavy (non-hydrogen) atoms. The number of thiophene rings is 1. The number of hydrogen-bond donors (Lipinski definition) is 2. The first-order chi connectivity index (χ1) is 13.0. The lowest BCUT2D eigenvalue weighted by Gasteiger charge is -2.08. The number of nitrogens with two attached hydrogens (primary N) is 1. The molecule has 1 aliphatic carbocycles. The standard InChI is InChI=1S/C20H22N2O4S/c1-12(23)13-6-5-7-14(10-13)26-11-17(24)22-20-18(19(21)25)15-8-3-2-4-9-16(15)27-20/h5-7,10H,2-4,8-9,11H2,1H3,(H2,21,25)(H,22,24). The molecule has 0 unspecified atom stereocenters.